The van der Waals surface area contributed by atoms with E-state index < -0.39 is 12.0 Å². The van der Waals surface area contributed by atoms with Gasteiger partial charge in [-0.25, -0.2) is 5.06 Å². The molecular weight excluding hydrogens is 286 g/mol. The Hall–Kier alpha value is -1.63. The number of unbranched alkanes of at least 4 members (excludes halogenated alkanes) is 2. The van der Waals surface area contributed by atoms with Gasteiger partial charge in [0.05, 0.1) is 12.5 Å². The first kappa shape index (κ1) is 20.4. The van der Waals surface area contributed by atoms with Crippen LogP contribution in [0.15, 0.2) is 0 Å². The number of amides is 3. The van der Waals surface area contributed by atoms with Crippen molar-refractivity contribution in [3.05, 3.63) is 0 Å². The monoisotopic (exact) mass is 315 g/mol. The zero-order valence-electron chi connectivity index (χ0n) is 13.8. The molecule has 0 saturated carbocycles. The third-order valence-electron chi connectivity index (χ3n) is 3.39. The van der Waals surface area contributed by atoms with E-state index in [1.807, 2.05) is 13.8 Å². The van der Waals surface area contributed by atoms with Gasteiger partial charge in [-0.15, -0.1) is 0 Å². The van der Waals surface area contributed by atoms with E-state index in [1.165, 1.54) is 0 Å². The second kappa shape index (κ2) is 12.0. The van der Waals surface area contributed by atoms with E-state index in [0.717, 1.165) is 25.7 Å². The van der Waals surface area contributed by atoms with Crippen LogP contribution in [0, 0.1) is 5.92 Å². The molecule has 0 radical (unpaired) electrons. The van der Waals surface area contributed by atoms with Gasteiger partial charge in [0, 0.05) is 6.54 Å². The molecule has 0 aliphatic carbocycles. The van der Waals surface area contributed by atoms with E-state index in [9.17, 15) is 19.6 Å². The molecule has 0 aliphatic rings. The molecule has 2 unspecified atom stereocenters. The van der Waals surface area contributed by atoms with Gasteiger partial charge in [0.1, 0.15) is 6.04 Å². The molecule has 3 N–H and O–H groups in total. The summed E-state index contributed by atoms with van der Waals surface area (Å²) in [6.07, 6.45) is 4.41. The Balaban J connectivity index is 4.45. The lowest BCUT2D eigenvalue weighted by Gasteiger charge is -2.21. The van der Waals surface area contributed by atoms with Crippen LogP contribution in [0.2, 0.25) is 0 Å². The molecule has 7 heteroatoms. The number of nitrogens with one attached hydrogen (secondary N) is 2. The minimum atomic E-state index is -0.642. The molecule has 0 rings (SSSR count). The topological polar surface area (TPSA) is 98.7 Å². The lowest BCUT2D eigenvalue weighted by Crippen LogP contribution is -2.48. The fourth-order valence-electron chi connectivity index (χ4n) is 1.96. The molecule has 0 bridgehead atoms. The summed E-state index contributed by atoms with van der Waals surface area (Å²) in [4.78, 5) is 34.5. The second-order valence-corrected chi connectivity index (χ2v) is 5.44. The summed E-state index contributed by atoms with van der Waals surface area (Å²) < 4.78 is 0. The zero-order valence-corrected chi connectivity index (χ0v) is 13.8. The first-order valence-corrected chi connectivity index (χ1v) is 7.95. The summed E-state index contributed by atoms with van der Waals surface area (Å²) in [6, 6.07) is -0.642. The van der Waals surface area contributed by atoms with Gasteiger partial charge in [-0.3, -0.25) is 19.6 Å². The number of carbonyl (C=O) groups is 3. The maximum atomic E-state index is 12.2. The molecule has 0 aromatic carbocycles. The average Bonchev–Trinajstić information content (AvgIpc) is 2.50. The van der Waals surface area contributed by atoms with Gasteiger partial charge in [0.15, 0.2) is 0 Å². The Morgan fingerprint density at radius 2 is 1.82 bits per heavy atom. The van der Waals surface area contributed by atoms with Gasteiger partial charge in [0.2, 0.25) is 18.2 Å². The van der Waals surface area contributed by atoms with Crippen molar-refractivity contribution in [3.63, 3.8) is 0 Å². The SMILES string of the molecule is CCCCNC(=O)C(C)NC(=O)C(CCCC)CN(O)C=O. The highest BCUT2D eigenvalue weighted by atomic mass is 16.5. The van der Waals surface area contributed by atoms with Gasteiger partial charge in [-0.1, -0.05) is 33.1 Å². The van der Waals surface area contributed by atoms with Crippen LogP contribution in [-0.2, 0) is 14.4 Å². The van der Waals surface area contributed by atoms with Gasteiger partial charge in [0.25, 0.3) is 0 Å². The van der Waals surface area contributed by atoms with E-state index in [0.29, 0.717) is 18.0 Å². The number of carbonyl (C=O) groups excluding carboxylic acids is 3. The van der Waals surface area contributed by atoms with Crippen LogP contribution in [0.1, 0.15) is 52.9 Å². The van der Waals surface area contributed by atoms with Crippen molar-refractivity contribution >= 4 is 18.2 Å². The van der Waals surface area contributed by atoms with Crippen LogP contribution in [-0.4, -0.2) is 47.6 Å². The Bertz CT molecular complexity index is 350. The third kappa shape index (κ3) is 8.61. The van der Waals surface area contributed by atoms with Gasteiger partial charge >= 0.3 is 0 Å². The highest BCUT2D eigenvalue weighted by molar-refractivity contribution is 5.88. The highest BCUT2D eigenvalue weighted by Crippen LogP contribution is 2.10. The lowest BCUT2D eigenvalue weighted by atomic mass is 10.0. The van der Waals surface area contributed by atoms with Crippen molar-refractivity contribution in [1.82, 2.24) is 15.7 Å². The van der Waals surface area contributed by atoms with Crippen LogP contribution in [0.3, 0.4) is 0 Å². The predicted octanol–water partition coefficient (Wildman–Crippen LogP) is 1.06. The molecule has 0 aliphatic heterocycles. The average molecular weight is 315 g/mol. The molecule has 22 heavy (non-hydrogen) atoms. The summed E-state index contributed by atoms with van der Waals surface area (Å²) in [5.41, 5.74) is 0. The van der Waals surface area contributed by atoms with Crippen LogP contribution in [0.25, 0.3) is 0 Å². The quantitative estimate of drug-likeness (QED) is 0.217. The lowest BCUT2D eigenvalue weighted by molar-refractivity contribution is -0.155. The molecule has 3 amide bonds. The van der Waals surface area contributed by atoms with Gasteiger partial charge in [-0.05, 0) is 19.8 Å². The van der Waals surface area contributed by atoms with Crippen LogP contribution in [0.5, 0.6) is 0 Å². The molecule has 2 atom stereocenters. The normalized spacial score (nSPS) is 13.1. The number of hydroxylamine groups is 2. The second-order valence-electron chi connectivity index (χ2n) is 5.44. The molecular formula is C15H29N3O4. The number of nitrogens with zero attached hydrogens (tertiary/aromatic N) is 1. The van der Waals surface area contributed by atoms with E-state index in [2.05, 4.69) is 10.6 Å². The summed E-state index contributed by atoms with van der Waals surface area (Å²) in [6.45, 7) is 6.16. The van der Waals surface area contributed by atoms with Crippen molar-refractivity contribution in [2.45, 2.75) is 58.9 Å². The van der Waals surface area contributed by atoms with Gasteiger partial charge < -0.3 is 10.6 Å². The number of hydrogen-bond acceptors (Lipinski definition) is 4. The van der Waals surface area contributed by atoms with Crippen molar-refractivity contribution in [2.24, 2.45) is 5.92 Å². The molecule has 0 spiro atoms. The molecule has 0 heterocycles. The molecule has 7 nitrogen and oxygen atoms in total. The molecule has 0 saturated heterocycles. The Labute approximate surface area is 132 Å². The number of hydrogen-bond donors (Lipinski definition) is 3. The first-order valence-electron chi connectivity index (χ1n) is 7.95. The van der Waals surface area contributed by atoms with Crippen LogP contribution >= 0.6 is 0 Å². The summed E-state index contributed by atoms with van der Waals surface area (Å²) in [5.74, 6) is -1.08. The van der Waals surface area contributed by atoms with Crippen molar-refractivity contribution in [1.29, 1.82) is 0 Å². The summed E-state index contributed by atoms with van der Waals surface area (Å²) in [5, 5.41) is 15.1. The third-order valence-corrected chi connectivity index (χ3v) is 3.39. The zero-order chi connectivity index (χ0) is 17.0. The van der Waals surface area contributed by atoms with Crippen molar-refractivity contribution in [3.8, 4) is 0 Å². The largest absolute Gasteiger partial charge is 0.354 e. The Morgan fingerprint density at radius 3 is 2.36 bits per heavy atom. The van der Waals surface area contributed by atoms with Crippen LogP contribution in [0.4, 0.5) is 0 Å². The fourth-order valence-corrected chi connectivity index (χ4v) is 1.96. The van der Waals surface area contributed by atoms with E-state index in [-0.39, 0.29) is 24.8 Å². The predicted molar refractivity (Wildman–Crippen MR) is 83.1 cm³/mol. The van der Waals surface area contributed by atoms with E-state index >= 15 is 0 Å². The summed E-state index contributed by atoms with van der Waals surface area (Å²) >= 11 is 0. The molecule has 0 aromatic heterocycles. The minimum absolute atomic E-state index is 0.0699. The smallest absolute Gasteiger partial charge is 0.242 e. The standard InChI is InChI=1S/C15H29N3O4/c1-4-6-8-13(10-18(22)11-19)15(21)17-12(3)14(20)16-9-7-5-2/h11-13,22H,4-10H2,1-3H3,(H,16,20)(H,17,21). The highest BCUT2D eigenvalue weighted by Gasteiger charge is 2.23. The fraction of sp³-hybridized carbons (Fsp3) is 0.800. The molecule has 128 valence electrons. The minimum Gasteiger partial charge on any atom is -0.354 e. The Morgan fingerprint density at radius 1 is 1.18 bits per heavy atom. The van der Waals surface area contributed by atoms with Crippen LogP contribution < -0.4 is 10.6 Å². The van der Waals surface area contributed by atoms with Crippen molar-refractivity contribution in [2.75, 3.05) is 13.1 Å². The Kier molecular flexibility index (Phi) is 11.1. The van der Waals surface area contributed by atoms with E-state index in [4.69, 9.17) is 0 Å². The van der Waals surface area contributed by atoms with E-state index in [1.54, 1.807) is 6.92 Å². The number of rotatable bonds is 12. The first-order chi connectivity index (χ1) is 10.5. The maximum Gasteiger partial charge on any atom is 0.242 e. The summed E-state index contributed by atoms with van der Waals surface area (Å²) in [7, 11) is 0. The molecule has 0 fully saturated rings. The van der Waals surface area contributed by atoms with Crippen molar-refractivity contribution < 1.29 is 19.6 Å². The van der Waals surface area contributed by atoms with Gasteiger partial charge in [-0.2, -0.15) is 0 Å². The maximum absolute atomic E-state index is 12.2. The molecule has 0 aromatic rings.